The van der Waals surface area contributed by atoms with Crippen LogP contribution in [0.25, 0.3) is 0 Å². The van der Waals surface area contributed by atoms with E-state index >= 15 is 0 Å². The number of amides is 2. The molecule has 0 spiro atoms. The van der Waals surface area contributed by atoms with Crippen molar-refractivity contribution < 1.29 is 19.1 Å². The number of ether oxygens (including phenoxy) is 2. The van der Waals surface area contributed by atoms with Crippen LogP contribution in [-0.2, 0) is 11.3 Å². The Morgan fingerprint density at radius 1 is 1.07 bits per heavy atom. The van der Waals surface area contributed by atoms with Gasteiger partial charge in [0.2, 0.25) is 5.91 Å². The lowest BCUT2D eigenvalue weighted by Crippen LogP contribution is -2.30. The molecule has 1 saturated heterocycles. The van der Waals surface area contributed by atoms with Crippen molar-refractivity contribution in [2.24, 2.45) is 5.73 Å². The zero-order chi connectivity index (χ0) is 21.5. The number of benzene rings is 2. The maximum Gasteiger partial charge on any atom is 0.255 e. The monoisotopic (exact) mass is 411 g/mol. The molecule has 30 heavy (non-hydrogen) atoms. The molecular formula is C23H29N3O4. The van der Waals surface area contributed by atoms with E-state index < -0.39 is 5.91 Å². The summed E-state index contributed by atoms with van der Waals surface area (Å²) in [5.74, 6) is -0.126. The van der Waals surface area contributed by atoms with Crippen LogP contribution in [0.1, 0.15) is 52.5 Å². The first-order valence-electron chi connectivity index (χ1n) is 10.3. The fourth-order valence-corrected chi connectivity index (χ4v) is 3.64. The van der Waals surface area contributed by atoms with Gasteiger partial charge in [0.15, 0.2) is 0 Å². The quantitative estimate of drug-likeness (QED) is 0.693. The Bertz CT molecular complexity index is 907. The van der Waals surface area contributed by atoms with Gasteiger partial charge in [0.05, 0.1) is 25.1 Å². The van der Waals surface area contributed by atoms with Gasteiger partial charge in [-0.3, -0.25) is 9.59 Å². The summed E-state index contributed by atoms with van der Waals surface area (Å²) in [5.41, 5.74) is 8.59. The molecule has 0 atom stereocenters. The van der Waals surface area contributed by atoms with Crippen LogP contribution in [0.3, 0.4) is 0 Å². The van der Waals surface area contributed by atoms with Gasteiger partial charge in [0.1, 0.15) is 5.75 Å². The van der Waals surface area contributed by atoms with Crippen molar-refractivity contribution in [3.8, 4) is 5.75 Å². The van der Waals surface area contributed by atoms with Gasteiger partial charge in [-0.05, 0) is 62.6 Å². The molecule has 0 radical (unpaired) electrons. The second-order valence-electron chi connectivity index (χ2n) is 7.26. The number of methoxy groups -OCH3 is 1. The first-order valence-corrected chi connectivity index (χ1v) is 10.3. The van der Waals surface area contributed by atoms with Crippen molar-refractivity contribution in [3.05, 3.63) is 53.1 Å². The highest BCUT2D eigenvalue weighted by Crippen LogP contribution is 2.30. The summed E-state index contributed by atoms with van der Waals surface area (Å²) in [6.45, 7) is 4.67. The van der Waals surface area contributed by atoms with Gasteiger partial charge in [-0.25, -0.2) is 0 Å². The minimum atomic E-state index is -0.529. The Morgan fingerprint density at radius 2 is 1.80 bits per heavy atom. The summed E-state index contributed by atoms with van der Waals surface area (Å²) in [6, 6.07) is 10.4. The SMILES string of the molecule is CCOCc1cc(C(=O)Nc2cc(C(N)=O)ccc2N2CCCCC2)ccc1OC. The van der Waals surface area contributed by atoms with Gasteiger partial charge in [-0.1, -0.05) is 0 Å². The minimum absolute atomic E-state index is 0.268. The average molecular weight is 412 g/mol. The lowest BCUT2D eigenvalue weighted by atomic mass is 10.1. The standard InChI is InChI=1S/C23H29N3O4/c1-3-30-15-18-13-17(8-10-21(18)29-2)23(28)25-19-14-16(22(24)27)7-9-20(19)26-11-5-4-6-12-26/h7-10,13-14H,3-6,11-12,15H2,1-2H3,(H2,24,27)(H,25,28). The van der Waals surface area contributed by atoms with Gasteiger partial charge in [0, 0.05) is 36.4 Å². The van der Waals surface area contributed by atoms with Crippen LogP contribution >= 0.6 is 0 Å². The van der Waals surface area contributed by atoms with Crippen LogP contribution in [0.5, 0.6) is 5.75 Å². The third-order valence-electron chi connectivity index (χ3n) is 5.23. The first kappa shape index (κ1) is 21.6. The van der Waals surface area contributed by atoms with Crippen molar-refractivity contribution in [1.29, 1.82) is 0 Å². The predicted octanol–water partition coefficient (Wildman–Crippen LogP) is 3.57. The van der Waals surface area contributed by atoms with Gasteiger partial charge >= 0.3 is 0 Å². The van der Waals surface area contributed by atoms with Crippen LogP contribution in [0.4, 0.5) is 11.4 Å². The van der Waals surface area contributed by atoms with E-state index in [0.717, 1.165) is 37.2 Å². The molecule has 1 fully saturated rings. The zero-order valence-electron chi connectivity index (χ0n) is 17.6. The molecule has 0 saturated carbocycles. The Hall–Kier alpha value is -3.06. The summed E-state index contributed by atoms with van der Waals surface area (Å²) in [7, 11) is 1.59. The summed E-state index contributed by atoms with van der Waals surface area (Å²) >= 11 is 0. The number of hydrogen-bond donors (Lipinski definition) is 2. The molecule has 0 aromatic heterocycles. The lowest BCUT2D eigenvalue weighted by Gasteiger charge is -2.30. The van der Waals surface area contributed by atoms with Crippen molar-refractivity contribution in [3.63, 3.8) is 0 Å². The molecule has 3 N–H and O–H groups in total. The van der Waals surface area contributed by atoms with Gasteiger partial charge in [-0.15, -0.1) is 0 Å². The van der Waals surface area contributed by atoms with E-state index in [-0.39, 0.29) is 5.91 Å². The second-order valence-corrected chi connectivity index (χ2v) is 7.26. The topological polar surface area (TPSA) is 93.9 Å². The second kappa shape index (κ2) is 10.1. The summed E-state index contributed by atoms with van der Waals surface area (Å²) < 4.78 is 10.9. The van der Waals surface area contributed by atoms with Crippen LogP contribution < -0.4 is 20.7 Å². The molecule has 2 aromatic carbocycles. The lowest BCUT2D eigenvalue weighted by molar-refractivity contribution is 0.0996. The van der Waals surface area contributed by atoms with E-state index in [1.807, 2.05) is 13.0 Å². The Balaban J connectivity index is 1.89. The highest BCUT2D eigenvalue weighted by atomic mass is 16.5. The van der Waals surface area contributed by atoms with Crippen LogP contribution in [0.2, 0.25) is 0 Å². The van der Waals surface area contributed by atoms with E-state index in [1.54, 1.807) is 37.4 Å². The number of nitrogens with two attached hydrogens (primary N) is 1. The number of nitrogens with one attached hydrogen (secondary N) is 1. The van der Waals surface area contributed by atoms with E-state index in [2.05, 4.69) is 10.2 Å². The van der Waals surface area contributed by atoms with E-state index in [1.165, 1.54) is 6.42 Å². The van der Waals surface area contributed by atoms with E-state index in [0.29, 0.717) is 35.8 Å². The Morgan fingerprint density at radius 3 is 2.47 bits per heavy atom. The average Bonchev–Trinajstić information content (AvgIpc) is 2.77. The minimum Gasteiger partial charge on any atom is -0.496 e. The highest BCUT2D eigenvalue weighted by molar-refractivity contribution is 6.07. The number of rotatable bonds is 8. The normalized spacial score (nSPS) is 13.7. The van der Waals surface area contributed by atoms with E-state index in [9.17, 15) is 9.59 Å². The predicted molar refractivity (Wildman–Crippen MR) is 117 cm³/mol. The number of piperidine rings is 1. The van der Waals surface area contributed by atoms with Gasteiger partial charge < -0.3 is 25.4 Å². The molecule has 1 aliphatic heterocycles. The maximum absolute atomic E-state index is 13.0. The maximum atomic E-state index is 13.0. The molecule has 1 heterocycles. The molecule has 0 bridgehead atoms. The van der Waals surface area contributed by atoms with Gasteiger partial charge in [-0.2, -0.15) is 0 Å². The van der Waals surface area contributed by atoms with Crippen LogP contribution in [0.15, 0.2) is 36.4 Å². The number of hydrogen-bond acceptors (Lipinski definition) is 5. The molecule has 160 valence electrons. The summed E-state index contributed by atoms with van der Waals surface area (Å²) in [6.07, 6.45) is 3.40. The smallest absolute Gasteiger partial charge is 0.255 e. The number of anilines is 2. The fraction of sp³-hybridized carbons (Fsp3) is 0.391. The molecule has 7 heteroatoms. The number of nitrogens with zero attached hydrogens (tertiary/aromatic N) is 1. The molecule has 2 amide bonds. The summed E-state index contributed by atoms with van der Waals surface area (Å²) in [5, 5.41) is 2.97. The van der Waals surface area contributed by atoms with Crippen LogP contribution in [-0.4, -0.2) is 38.6 Å². The zero-order valence-corrected chi connectivity index (χ0v) is 17.6. The molecule has 3 rings (SSSR count). The fourth-order valence-electron chi connectivity index (χ4n) is 3.64. The van der Waals surface area contributed by atoms with Crippen molar-refractivity contribution in [2.45, 2.75) is 32.8 Å². The Kier molecular flexibility index (Phi) is 7.30. The van der Waals surface area contributed by atoms with Crippen LogP contribution in [0, 0.1) is 0 Å². The molecule has 2 aromatic rings. The molecule has 7 nitrogen and oxygen atoms in total. The number of carbonyl (C=O) groups excluding carboxylic acids is 2. The largest absolute Gasteiger partial charge is 0.496 e. The van der Waals surface area contributed by atoms with Crippen molar-refractivity contribution in [2.75, 3.05) is 37.0 Å². The third-order valence-corrected chi connectivity index (χ3v) is 5.23. The molecule has 1 aliphatic rings. The molecular weight excluding hydrogens is 382 g/mol. The van der Waals surface area contributed by atoms with E-state index in [4.69, 9.17) is 15.2 Å². The number of carbonyl (C=O) groups is 2. The number of primary amides is 1. The molecule has 0 aliphatic carbocycles. The molecule has 0 unspecified atom stereocenters. The van der Waals surface area contributed by atoms with Crippen molar-refractivity contribution in [1.82, 2.24) is 0 Å². The Labute approximate surface area is 177 Å². The van der Waals surface area contributed by atoms with Crippen molar-refractivity contribution >= 4 is 23.2 Å². The highest BCUT2D eigenvalue weighted by Gasteiger charge is 2.19. The third kappa shape index (κ3) is 5.10. The first-order chi connectivity index (χ1) is 14.5. The summed E-state index contributed by atoms with van der Waals surface area (Å²) in [4.78, 5) is 26.9. The van der Waals surface area contributed by atoms with Gasteiger partial charge in [0.25, 0.3) is 5.91 Å².